The maximum Gasteiger partial charge on any atom is 0.328 e. The van der Waals surface area contributed by atoms with Gasteiger partial charge in [-0.05, 0) is 20.8 Å². The Morgan fingerprint density at radius 3 is 2.56 bits per heavy atom. The van der Waals surface area contributed by atoms with Crippen molar-refractivity contribution in [1.29, 1.82) is 0 Å². The first kappa shape index (κ1) is 14.6. The van der Waals surface area contributed by atoms with Gasteiger partial charge in [0.15, 0.2) is 0 Å². The zero-order valence-corrected chi connectivity index (χ0v) is 9.99. The molecule has 0 aliphatic carbocycles. The number of ether oxygens (including phenoxy) is 2. The second-order valence-corrected chi connectivity index (χ2v) is 3.25. The standard InChI is InChI=1S/C11H19NO4/c1-5-7-16-9(4)10(13)12-8(3)11(14)15-6-2/h5,8-9H,1,6-7H2,2-4H3,(H,12,13)/t8-,9+/m1/s1. The van der Waals surface area contributed by atoms with Crippen LogP contribution >= 0.6 is 0 Å². The Balaban J connectivity index is 4.02. The summed E-state index contributed by atoms with van der Waals surface area (Å²) in [5, 5.41) is 2.50. The van der Waals surface area contributed by atoms with E-state index in [2.05, 4.69) is 11.9 Å². The van der Waals surface area contributed by atoms with Gasteiger partial charge in [-0.1, -0.05) is 6.08 Å². The molecule has 0 saturated carbocycles. The van der Waals surface area contributed by atoms with Crippen LogP contribution in [0.1, 0.15) is 20.8 Å². The summed E-state index contributed by atoms with van der Waals surface area (Å²) in [5.74, 6) is -0.797. The molecule has 0 bridgehead atoms. The van der Waals surface area contributed by atoms with Gasteiger partial charge in [-0.2, -0.15) is 0 Å². The molecule has 0 spiro atoms. The minimum atomic E-state index is -0.665. The molecule has 16 heavy (non-hydrogen) atoms. The summed E-state index contributed by atoms with van der Waals surface area (Å²) >= 11 is 0. The van der Waals surface area contributed by atoms with Crippen molar-refractivity contribution >= 4 is 11.9 Å². The van der Waals surface area contributed by atoms with E-state index < -0.39 is 18.1 Å². The Morgan fingerprint density at radius 1 is 1.44 bits per heavy atom. The van der Waals surface area contributed by atoms with Gasteiger partial charge in [0.1, 0.15) is 12.1 Å². The van der Waals surface area contributed by atoms with Crippen molar-refractivity contribution in [1.82, 2.24) is 5.32 Å². The molecule has 0 aliphatic heterocycles. The fourth-order valence-corrected chi connectivity index (χ4v) is 0.945. The number of rotatable bonds is 7. The molecular weight excluding hydrogens is 210 g/mol. The van der Waals surface area contributed by atoms with E-state index >= 15 is 0 Å². The summed E-state index contributed by atoms with van der Waals surface area (Å²) in [5.41, 5.74) is 0. The predicted octanol–water partition coefficient (Wildman–Crippen LogP) is 0.645. The van der Waals surface area contributed by atoms with Gasteiger partial charge in [0, 0.05) is 0 Å². The van der Waals surface area contributed by atoms with E-state index in [4.69, 9.17) is 9.47 Å². The molecular formula is C11H19NO4. The molecule has 1 N–H and O–H groups in total. The normalized spacial score (nSPS) is 13.7. The number of hydrogen-bond donors (Lipinski definition) is 1. The fraction of sp³-hybridized carbons (Fsp3) is 0.636. The number of esters is 1. The minimum absolute atomic E-state index is 0.293. The van der Waals surface area contributed by atoms with Crippen molar-refractivity contribution in [2.45, 2.75) is 32.9 Å². The van der Waals surface area contributed by atoms with E-state index in [-0.39, 0.29) is 5.91 Å². The van der Waals surface area contributed by atoms with Crippen molar-refractivity contribution in [3.05, 3.63) is 12.7 Å². The average molecular weight is 229 g/mol. The molecule has 0 unspecified atom stereocenters. The van der Waals surface area contributed by atoms with Gasteiger partial charge in [0.2, 0.25) is 5.91 Å². The second-order valence-electron chi connectivity index (χ2n) is 3.25. The molecule has 2 atom stereocenters. The first-order valence-electron chi connectivity index (χ1n) is 5.22. The molecule has 0 aromatic heterocycles. The lowest BCUT2D eigenvalue weighted by Gasteiger charge is -2.16. The molecule has 0 saturated heterocycles. The van der Waals surface area contributed by atoms with Gasteiger partial charge in [0.05, 0.1) is 13.2 Å². The highest BCUT2D eigenvalue weighted by Crippen LogP contribution is 1.94. The summed E-state index contributed by atoms with van der Waals surface area (Å²) in [6.45, 7) is 8.95. The van der Waals surface area contributed by atoms with E-state index in [0.717, 1.165) is 0 Å². The lowest BCUT2D eigenvalue weighted by Crippen LogP contribution is -2.44. The summed E-state index contributed by atoms with van der Waals surface area (Å²) in [6.07, 6.45) is 0.938. The van der Waals surface area contributed by atoms with Crippen molar-refractivity contribution in [2.75, 3.05) is 13.2 Å². The van der Waals surface area contributed by atoms with Crippen LogP contribution in [0.15, 0.2) is 12.7 Å². The Hall–Kier alpha value is -1.36. The van der Waals surface area contributed by atoms with E-state index in [9.17, 15) is 9.59 Å². The van der Waals surface area contributed by atoms with Crippen LogP contribution in [-0.2, 0) is 19.1 Å². The van der Waals surface area contributed by atoms with Gasteiger partial charge < -0.3 is 14.8 Å². The van der Waals surface area contributed by atoms with Gasteiger partial charge in [-0.3, -0.25) is 4.79 Å². The lowest BCUT2D eigenvalue weighted by atomic mass is 10.3. The number of carbonyl (C=O) groups is 2. The van der Waals surface area contributed by atoms with Gasteiger partial charge in [-0.25, -0.2) is 4.79 Å². The maximum atomic E-state index is 11.5. The van der Waals surface area contributed by atoms with Crippen LogP contribution in [0, 0.1) is 0 Å². The molecule has 1 amide bonds. The number of carbonyl (C=O) groups excluding carboxylic acids is 2. The van der Waals surface area contributed by atoms with E-state index in [1.165, 1.54) is 0 Å². The zero-order chi connectivity index (χ0) is 12.6. The monoisotopic (exact) mass is 229 g/mol. The van der Waals surface area contributed by atoms with Crippen LogP contribution < -0.4 is 5.32 Å². The van der Waals surface area contributed by atoms with Crippen molar-refractivity contribution in [2.24, 2.45) is 0 Å². The summed E-state index contributed by atoms with van der Waals surface area (Å²) < 4.78 is 9.87. The van der Waals surface area contributed by atoms with Gasteiger partial charge in [0.25, 0.3) is 0 Å². The maximum absolute atomic E-state index is 11.5. The summed E-state index contributed by atoms with van der Waals surface area (Å²) in [4.78, 5) is 22.7. The summed E-state index contributed by atoms with van der Waals surface area (Å²) in [6, 6.07) is -0.665. The number of amides is 1. The first-order valence-corrected chi connectivity index (χ1v) is 5.22. The molecule has 92 valence electrons. The molecule has 5 heteroatoms. The largest absolute Gasteiger partial charge is 0.464 e. The van der Waals surface area contributed by atoms with E-state index in [0.29, 0.717) is 13.2 Å². The van der Waals surface area contributed by atoms with Crippen LogP contribution in [0.3, 0.4) is 0 Å². The zero-order valence-electron chi connectivity index (χ0n) is 9.99. The molecule has 5 nitrogen and oxygen atoms in total. The molecule has 0 aromatic carbocycles. The Bertz CT molecular complexity index is 252. The Morgan fingerprint density at radius 2 is 2.06 bits per heavy atom. The average Bonchev–Trinajstić information content (AvgIpc) is 2.25. The quantitative estimate of drug-likeness (QED) is 0.514. The van der Waals surface area contributed by atoms with Crippen LogP contribution in [0.5, 0.6) is 0 Å². The first-order chi connectivity index (χ1) is 7.52. The second kappa shape index (κ2) is 7.87. The van der Waals surface area contributed by atoms with E-state index in [1.54, 1.807) is 26.8 Å². The third kappa shape index (κ3) is 5.50. The molecule has 0 aliphatic rings. The van der Waals surface area contributed by atoms with Crippen molar-refractivity contribution < 1.29 is 19.1 Å². The van der Waals surface area contributed by atoms with Crippen molar-refractivity contribution in [3.63, 3.8) is 0 Å². The molecule has 0 aromatic rings. The topological polar surface area (TPSA) is 64.6 Å². The third-order valence-electron chi connectivity index (χ3n) is 1.83. The van der Waals surface area contributed by atoms with Crippen LogP contribution in [0.4, 0.5) is 0 Å². The molecule has 0 heterocycles. The highest BCUT2D eigenvalue weighted by Gasteiger charge is 2.20. The van der Waals surface area contributed by atoms with E-state index in [1.807, 2.05) is 0 Å². The highest BCUT2D eigenvalue weighted by molar-refractivity contribution is 5.86. The molecule has 0 fully saturated rings. The highest BCUT2D eigenvalue weighted by atomic mass is 16.5. The van der Waals surface area contributed by atoms with Crippen molar-refractivity contribution in [3.8, 4) is 0 Å². The van der Waals surface area contributed by atoms with Crippen LogP contribution in [-0.4, -0.2) is 37.2 Å². The summed E-state index contributed by atoms with van der Waals surface area (Å²) in [7, 11) is 0. The Labute approximate surface area is 95.8 Å². The fourth-order valence-electron chi connectivity index (χ4n) is 0.945. The van der Waals surface area contributed by atoms with Gasteiger partial charge >= 0.3 is 5.97 Å². The third-order valence-corrected chi connectivity index (χ3v) is 1.83. The lowest BCUT2D eigenvalue weighted by molar-refractivity contribution is -0.148. The van der Waals surface area contributed by atoms with Crippen LogP contribution in [0.2, 0.25) is 0 Å². The minimum Gasteiger partial charge on any atom is -0.464 e. The number of hydrogen-bond acceptors (Lipinski definition) is 4. The SMILES string of the molecule is C=CCO[C@@H](C)C(=O)N[C@H](C)C(=O)OCC. The Kier molecular flexibility index (Phi) is 7.20. The van der Waals surface area contributed by atoms with Gasteiger partial charge in [-0.15, -0.1) is 6.58 Å². The van der Waals surface area contributed by atoms with Crippen LogP contribution in [0.25, 0.3) is 0 Å². The molecule has 0 rings (SSSR count). The predicted molar refractivity (Wildman–Crippen MR) is 59.8 cm³/mol. The smallest absolute Gasteiger partial charge is 0.328 e. The number of nitrogens with one attached hydrogen (secondary N) is 1. The molecule has 0 radical (unpaired) electrons.